The smallest absolute Gasteiger partial charge is 0.416 e. The van der Waals surface area contributed by atoms with E-state index >= 15 is 0 Å². The molecule has 2 aliphatic heterocycles. The first kappa shape index (κ1) is 24.0. The van der Waals surface area contributed by atoms with Crippen LogP contribution in [0.2, 0.25) is 0 Å². The Morgan fingerprint density at radius 3 is 2.56 bits per heavy atom. The topological polar surface area (TPSA) is 65.8 Å². The Morgan fingerprint density at radius 1 is 1.03 bits per heavy atom. The van der Waals surface area contributed by atoms with Gasteiger partial charge in [-0.25, -0.2) is 0 Å². The highest BCUT2D eigenvalue weighted by atomic mass is 19.4. The molecule has 0 bridgehead atoms. The summed E-state index contributed by atoms with van der Waals surface area (Å²) in [4.78, 5) is 29.9. The van der Waals surface area contributed by atoms with Crippen LogP contribution >= 0.6 is 0 Å². The molecule has 0 spiro atoms. The molecule has 5 rings (SSSR count). The molecule has 1 fully saturated rings. The Balaban J connectivity index is 1.39. The molecule has 2 unspecified atom stereocenters. The maximum atomic E-state index is 13.4. The fourth-order valence-electron chi connectivity index (χ4n) is 5.15. The molecule has 1 saturated heterocycles. The summed E-state index contributed by atoms with van der Waals surface area (Å²) in [6, 6.07) is 16.3. The predicted octanol–water partition coefficient (Wildman–Crippen LogP) is 4.16. The molecule has 0 aliphatic carbocycles. The summed E-state index contributed by atoms with van der Waals surface area (Å²) in [6.07, 6.45) is -2.22. The van der Waals surface area contributed by atoms with Crippen LogP contribution in [-0.2, 0) is 23.8 Å². The van der Waals surface area contributed by atoms with Crippen LogP contribution < -0.4 is 10.2 Å². The first-order chi connectivity index (χ1) is 17.3. The molecule has 3 heterocycles. The van der Waals surface area contributed by atoms with Crippen LogP contribution in [0.25, 0.3) is 0 Å². The van der Waals surface area contributed by atoms with E-state index in [2.05, 4.69) is 5.32 Å². The average molecular weight is 498 g/mol. The van der Waals surface area contributed by atoms with Crippen LogP contribution in [0.15, 0.2) is 71.3 Å². The van der Waals surface area contributed by atoms with E-state index in [1.165, 1.54) is 12.3 Å². The first-order valence-corrected chi connectivity index (χ1v) is 11.9. The third-order valence-electron chi connectivity index (χ3n) is 6.95. The quantitative estimate of drug-likeness (QED) is 0.575. The largest absolute Gasteiger partial charge is 0.459 e. The third kappa shape index (κ3) is 4.82. The Morgan fingerprint density at radius 2 is 1.83 bits per heavy atom. The number of anilines is 1. The van der Waals surface area contributed by atoms with Crippen LogP contribution in [0, 0.1) is 5.92 Å². The molecule has 188 valence electrons. The second kappa shape index (κ2) is 9.72. The minimum absolute atomic E-state index is 0.167. The number of alkyl halides is 3. The molecule has 9 heteroatoms. The molecule has 2 atom stereocenters. The van der Waals surface area contributed by atoms with Gasteiger partial charge in [0.15, 0.2) is 5.76 Å². The maximum absolute atomic E-state index is 13.4. The van der Waals surface area contributed by atoms with E-state index in [4.69, 9.17) is 4.42 Å². The predicted molar refractivity (Wildman–Crippen MR) is 128 cm³/mol. The van der Waals surface area contributed by atoms with Crippen molar-refractivity contribution in [3.8, 4) is 0 Å². The lowest BCUT2D eigenvalue weighted by Crippen LogP contribution is -2.62. The molecule has 0 saturated carbocycles. The van der Waals surface area contributed by atoms with Crippen LogP contribution in [0.3, 0.4) is 0 Å². The summed E-state index contributed by atoms with van der Waals surface area (Å²) in [5.74, 6) is -0.875. The van der Waals surface area contributed by atoms with Gasteiger partial charge in [0.05, 0.1) is 23.8 Å². The molecule has 2 aliphatic rings. The van der Waals surface area contributed by atoms with E-state index in [-0.39, 0.29) is 36.6 Å². The lowest BCUT2D eigenvalue weighted by atomic mass is 9.82. The van der Waals surface area contributed by atoms with Gasteiger partial charge >= 0.3 is 6.18 Å². The van der Waals surface area contributed by atoms with E-state index in [0.29, 0.717) is 37.3 Å². The van der Waals surface area contributed by atoms with Gasteiger partial charge in [-0.3, -0.25) is 9.59 Å². The Bertz CT molecular complexity index is 1230. The number of rotatable bonds is 5. The normalized spacial score (nSPS) is 19.4. The number of carbonyl (C=O) groups is 2. The summed E-state index contributed by atoms with van der Waals surface area (Å²) in [5.41, 5.74) is 1.53. The molecule has 3 aromatic rings. The Kier molecular flexibility index (Phi) is 6.47. The van der Waals surface area contributed by atoms with Crippen molar-refractivity contribution >= 4 is 17.5 Å². The third-order valence-corrected chi connectivity index (χ3v) is 6.95. The van der Waals surface area contributed by atoms with Gasteiger partial charge in [-0.2, -0.15) is 13.2 Å². The van der Waals surface area contributed by atoms with Crippen LogP contribution in [-0.4, -0.2) is 48.9 Å². The minimum Gasteiger partial charge on any atom is -0.459 e. The molecule has 2 aromatic carbocycles. The lowest BCUT2D eigenvalue weighted by Gasteiger charge is -2.49. The van der Waals surface area contributed by atoms with Gasteiger partial charge in [-0.05, 0) is 54.3 Å². The fourth-order valence-corrected chi connectivity index (χ4v) is 5.15. The highest BCUT2D eigenvalue weighted by molar-refractivity contribution is 5.92. The Hall–Kier alpha value is -3.75. The van der Waals surface area contributed by atoms with E-state index in [9.17, 15) is 22.8 Å². The van der Waals surface area contributed by atoms with Gasteiger partial charge in [-0.15, -0.1) is 0 Å². The molecule has 36 heavy (non-hydrogen) atoms. The molecule has 1 aromatic heterocycles. The van der Waals surface area contributed by atoms with Crippen molar-refractivity contribution < 1.29 is 27.2 Å². The maximum Gasteiger partial charge on any atom is 0.416 e. The minimum atomic E-state index is -4.46. The van der Waals surface area contributed by atoms with Crippen molar-refractivity contribution in [2.45, 2.75) is 25.1 Å². The van der Waals surface area contributed by atoms with E-state index in [0.717, 1.165) is 17.7 Å². The SMILES string of the molecule is O=C(NCCc1ccccc1)C1Cc2cc(C(F)(F)F)ccc2N2CCN(C(=O)c3ccco3)CC12. The summed E-state index contributed by atoms with van der Waals surface area (Å²) >= 11 is 0. The van der Waals surface area contributed by atoms with Crippen molar-refractivity contribution in [2.75, 3.05) is 31.1 Å². The number of piperazine rings is 1. The number of nitrogens with zero attached hydrogens (tertiary/aromatic N) is 2. The summed E-state index contributed by atoms with van der Waals surface area (Å²) in [5, 5.41) is 2.97. The summed E-state index contributed by atoms with van der Waals surface area (Å²) < 4.78 is 45.5. The van der Waals surface area contributed by atoms with Crippen LogP contribution in [0.4, 0.5) is 18.9 Å². The molecule has 1 N–H and O–H groups in total. The number of nitrogens with one attached hydrogen (secondary N) is 1. The fraction of sp³-hybridized carbons (Fsp3) is 0.333. The van der Waals surface area contributed by atoms with Gasteiger partial charge in [0.2, 0.25) is 5.91 Å². The monoisotopic (exact) mass is 497 g/mol. The number of furan rings is 1. The molecular weight excluding hydrogens is 471 g/mol. The summed E-state index contributed by atoms with van der Waals surface area (Å²) in [6.45, 7) is 1.47. The number of hydrogen-bond acceptors (Lipinski definition) is 4. The van der Waals surface area contributed by atoms with Gasteiger partial charge in [0.1, 0.15) is 0 Å². The van der Waals surface area contributed by atoms with E-state index < -0.39 is 17.7 Å². The molecular formula is C27H26F3N3O3. The average Bonchev–Trinajstić information content (AvgIpc) is 3.42. The van der Waals surface area contributed by atoms with Crippen LogP contribution in [0.5, 0.6) is 0 Å². The molecule has 0 radical (unpaired) electrons. The molecule has 6 nitrogen and oxygen atoms in total. The second-order valence-corrected chi connectivity index (χ2v) is 9.17. The van der Waals surface area contributed by atoms with Crippen molar-refractivity contribution in [2.24, 2.45) is 5.92 Å². The zero-order chi connectivity index (χ0) is 25.3. The van der Waals surface area contributed by atoms with Crippen molar-refractivity contribution in [1.29, 1.82) is 0 Å². The zero-order valence-electron chi connectivity index (χ0n) is 19.5. The lowest BCUT2D eigenvalue weighted by molar-refractivity contribution is -0.137. The van der Waals surface area contributed by atoms with E-state index in [1.807, 2.05) is 35.2 Å². The van der Waals surface area contributed by atoms with Gasteiger partial charge in [-0.1, -0.05) is 30.3 Å². The first-order valence-electron chi connectivity index (χ1n) is 11.9. The standard InChI is InChI=1S/C27H26F3N3O3/c28-27(29,30)20-8-9-22-19(15-20)16-21(25(34)31-11-10-18-5-2-1-3-6-18)23-17-32(12-13-33(22)23)26(35)24-7-4-14-36-24/h1-9,14-15,21,23H,10-13,16-17H2,(H,31,34). The summed E-state index contributed by atoms with van der Waals surface area (Å²) in [7, 11) is 0. The number of benzene rings is 2. The number of amides is 2. The van der Waals surface area contributed by atoms with Crippen molar-refractivity contribution in [1.82, 2.24) is 10.2 Å². The number of hydrogen-bond donors (Lipinski definition) is 1. The number of fused-ring (bicyclic) bond motifs is 3. The van der Waals surface area contributed by atoms with E-state index in [1.54, 1.807) is 17.0 Å². The van der Waals surface area contributed by atoms with Crippen LogP contribution in [0.1, 0.15) is 27.2 Å². The van der Waals surface area contributed by atoms with Gasteiger partial charge < -0.3 is 19.5 Å². The van der Waals surface area contributed by atoms with Crippen molar-refractivity contribution in [3.63, 3.8) is 0 Å². The molecule has 2 amide bonds. The zero-order valence-corrected chi connectivity index (χ0v) is 19.5. The highest BCUT2D eigenvalue weighted by Crippen LogP contribution is 2.40. The van der Waals surface area contributed by atoms with Gasteiger partial charge in [0.25, 0.3) is 5.91 Å². The number of carbonyl (C=O) groups excluding carboxylic acids is 2. The Labute approximate surface area is 206 Å². The van der Waals surface area contributed by atoms with Gasteiger partial charge in [0, 0.05) is 31.9 Å². The van der Waals surface area contributed by atoms with Crippen molar-refractivity contribution in [3.05, 3.63) is 89.4 Å². The highest BCUT2D eigenvalue weighted by Gasteiger charge is 2.43. The second-order valence-electron chi connectivity index (χ2n) is 9.17. The number of halogens is 3.